The summed E-state index contributed by atoms with van der Waals surface area (Å²) in [5.41, 5.74) is 5.33. The minimum absolute atomic E-state index is 0.332. The van der Waals surface area contributed by atoms with E-state index in [4.69, 9.17) is 5.73 Å². The zero-order valence-electron chi connectivity index (χ0n) is 11.4. The molecule has 2 heterocycles. The Morgan fingerprint density at radius 2 is 2.14 bits per heavy atom. The van der Waals surface area contributed by atoms with Crippen LogP contribution in [-0.4, -0.2) is 22.2 Å². The average Bonchev–Trinajstić information content (AvgIpc) is 2.91. The van der Waals surface area contributed by atoms with Gasteiger partial charge in [0.2, 0.25) is 0 Å². The summed E-state index contributed by atoms with van der Waals surface area (Å²) in [6.45, 7) is 1.27. The Bertz CT molecular complexity index is 736. The lowest BCUT2D eigenvalue weighted by atomic mass is 9.99. The number of aromatic nitrogens is 2. The van der Waals surface area contributed by atoms with E-state index in [1.54, 1.807) is 12.1 Å². The van der Waals surface area contributed by atoms with Crippen molar-refractivity contribution in [2.75, 3.05) is 6.54 Å². The van der Waals surface area contributed by atoms with Gasteiger partial charge in [-0.3, -0.25) is 4.79 Å². The van der Waals surface area contributed by atoms with Gasteiger partial charge in [-0.15, -0.1) is 0 Å². The Kier molecular flexibility index (Phi) is 3.40. The Morgan fingerprint density at radius 1 is 1.36 bits per heavy atom. The third kappa shape index (κ3) is 2.35. The molecule has 0 saturated carbocycles. The summed E-state index contributed by atoms with van der Waals surface area (Å²) in [7, 11) is 0. The van der Waals surface area contributed by atoms with Crippen LogP contribution in [0.2, 0.25) is 0 Å². The molecule has 116 valence electrons. The van der Waals surface area contributed by atoms with E-state index < -0.39 is 23.3 Å². The first kappa shape index (κ1) is 14.6. The van der Waals surface area contributed by atoms with Gasteiger partial charge in [0.25, 0.3) is 5.91 Å². The van der Waals surface area contributed by atoms with Gasteiger partial charge in [0.1, 0.15) is 0 Å². The maximum absolute atomic E-state index is 13.3. The maximum Gasteiger partial charge on any atom is 0.434 e. The average molecular weight is 310 g/mol. The SMILES string of the molecule is NC(=O)c1cnn(-c2cccc3c2CCNC3)c1C(F)(F)F. The van der Waals surface area contributed by atoms with Gasteiger partial charge in [-0.2, -0.15) is 18.3 Å². The number of primary amides is 1. The van der Waals surface area contributed by atoms with Gasteiger partial charge in [0.15, 0.2) is 5.69 Å². The highest BCUT2D eigenvalue weighted by Crippen LogP contribution is 2.34. The predicted molar refractivity (Wildman–Crippen MR) is 72.5 cm³/mol. The second-order valence-corrected chi connectivity index (χ2v) is 5.02. The van der Waals surface area contributed by atoms with Crippen molar-refractivity contribution in [3.8, 4) is 5.69 Å². The Labute approximate surface area is 123 Å². The number of hydrogen-bond acceptors (Lipinski definition) is 3. The second-order valence-electron chi connectivity index (χ2n) is 5.02. The number of nitrogens with zero attached hydrogens (tertiary/aromatic N) is 2. The highest BCUT2D eigenvalue weighted by Gasteiger charge is 2.40. The predicted octanol–water partition coefficient (Wildman–Crippen LogP) is 1.64. The van der Waals surface area contributed by atoms with Crippen molar-refractivity contribution in [2.24, 2.45) is 5.73 Å². The summed E-state index contributed by atoms with van der Waals surface area (Å²) in [5, 5.41) is 6.92. The van der Waals surface area contributed by atoms with Crippen molar-refractivity contribution in [2.45, 2.75) is 19.1 Å². The van der Waals surface area contributed by atoms with Crippen molar-refractivity contribution in [1.82, 2.24) is 15.1 Å². The number of benzene rings is 1. The zero-order chi connectivity index (χ0) is 15.9. The Morgan fingerprint density at radius 3 is 2.82 bits per heavy atom. The molecular weight excluding hydrogens is 297 g/mol. The number of hydrogen-bond donors (Lipinski definition) is 2. The number of carbonyl (C=O) groups is 1. The number of carbonyl (C=O) groups excluding carboxylic acids is 1. The number of nitrogens with two attached hydrogens (primary N) is 1. The van der Waals surface area contributed by atoms with E-state index in [0.717, 1.165) is 22.0 Å². The van der Waals surface area contributed by atoms with Crippen LogP contribution in [-0.2, 0) is 19.1 Å². The lowest BCUT2D eigenvalue weighted by molar-refractivity contribution is -0.143. The van der Waals surface area contributed by atoms with Gasteiger partial charge in [-0.25, -0.2) is 4.68 Å². The molecule has 0 saturated heterocycles. The molecular formula is C14H13F3N4O. The van der Waals surface area contributed by atoms with Crippen LogP contribution in [0.1, 0.15) is 27.2 Å². The van der Waals surface area contributed by atoms with Gasteiger partial charge < -0.3 is 11.1 Å². The smallest absolute Gasteiger partial charge is 0.365 e. The fraction of sp³-hybridized carbons (Fsp3) is 0.286. The van der Waals surface area contributed by atoms with Gasteiger partial charge in [-0.1, -0.05) is 12.1 Å². The summed E-state index contributed by atoms with van der Waals surface area (Å²) in [5.74, 6) is -1.15. The molecule has 1 aliphatic rings. The second kappa shape index (κ2) is 5.13. The van der Waals surface area contributed by atoms with Crippen LogP contribution in [0, 0.1) is 0 Å². The van der Waals surface area contributed by atoms with Crippen molar-refractivity contribution in [3.63, 3.8) is 0 Å². The molecule has 3 rings (SSSR count). The van der Waals surface area contributed by atoms with Crippen LogP contribution in [0.15, 0.2) is 24.4 Å². The third-order valence-corrected chi connectivity index (χ3v) is 3.65. The molecule has 1 amide bonds. The maximum atomic E-state index is 13.3. The van der Waals surface area contributed by atoms with E-state index in [0.29, 0.717) is 25.2 Å². The number of alkyl halides is 3. The first-order valence-electron chi connectivity index (χ1n) is 6.66. The van der Waals surface area contributed by atoms with Gasteiger partial charge in [0.05, 0.1) is 17.4 Å². The highest BCUT2D eigenvalue weighted by atomic mass is 19.4. The first-order valence-corrected chi connectivity index (χ1v) is 6.66. The van der Waals surface area contributed by atoms with Gasteiger partial charge in [0, 0.05) is 6.54 Å². The molecule has 0 aliphatic carbocycles. The molecule has 5 nitrogen and oxygen atoms in total. The third-order valence-electron chi connectivity index (χ3n) is 3.65. The summed E-state index contributed by atoms with van der Waals surface area (Å²) in [6, 6.07) is 5.10. The normalized spacial score (nSPS) is 14.7. The summed E-state index contributed by atoms with van der Waals surface area (Å²) < 4.78 is 40.8. The van der Waals surface area contributed by atoms with Crippen LogP contribution in [0.5, 0.6) is 0 Å². The molecule has 0 atom stereocenters. The standard InChI is InChI=1S/C14H13F3N4O/c15-14(16,17)12-10(13(18)22)7-20-21(12)11-3-1-2-8-6-19-5-4-9(8)11/h1-3,7,19H,4-6H2,(H2,18,22). The summed E-state index contributed by atoms with van der Waals surface area (Å²) in [6.07, 6.45) is -3.27. The molecule has 22 heavy (non-hydrogen) atoms. The minimum atomic E-state index is -4.73. The molecule has 0 bridgehead atoms. The molecule has 0 spiro atoms. The molecule has 8 heteroatoms. The molecule has 0 fully saturated rings. The molecule has 1 aromatic carbocycles. The van der Waals surface area contributed by atoms with Crippen LogP contribution in [0.3, 0.4) is 0 Å². The quantitative estimate of drug-likeness (QED) is 0.885. The van der Waals surface area contributed by atoms with E-state index in [-0.39, 0.29) is 0 Å². The topological polar surface area (TPSA) is 72.9 Å². The van der Waals surface area contributed by atoms with E-state index in [9.17, 15) is 18.0 Å². The zero-order valence-corrected chi connectivity index (χ0v) is 11.4. The number of fused-ring (bicyclic) bond motifs is 1. The van der Waals surface area contributed by atoms with Crippen molar-refractivity contribution >= 4 is 5.91 Å². The molecule has 0 unspecified atom stereocenters. The Balaban J connectivity index is 2.24. The minimum Gasteiger partial charge on any atom is -0.365 e. The highest BCUT2D eigenvalue weighted by molar-refractivity contribution is 5.94. The van der Waals surface area contributed by atoms with Crippen LogP contribution in [0.4, 0.5) is 13.2 Å². The largest absolute Gasteiger partial charge is 0.434 e. The fourth-order valence-corrected chi connectivity index (χ4v) is 2.69. The van der Waals surface area contributed by atoms with E-state index >= 15 is 0 Å². The van der Waals surface area contributed by atoms with Crippen LogP contribution < -0.4 is 11.1 Å². The van der Waals surface area contributed by atoms with Crippen molar-refractivity contribution in [1.29, 1.82) is 0 Å². The first-order chi connectivity index (χ1) is 10.4. The lowest BCUT2D eigenvalue weighted by Crippen LogP contribution is -2.26. The van der Waals surface area contributed by atoms with E-state index in [1.165, 1.54) is 0 Å². The molecule has 1 aliphatic heterocycles. The summed E-state index contributed by atoms with van der Waals surface area (Å²) in [4.78, 5) is 11.3. The molecule has 3 N–H and O–H groups in total. The summed E-state index contributed by atoms with van der Waals surface area (Å²) >= 11 is 0. The van der Waals surface area contributed by atoms with Crippen molar-refractivity contribution in [3.05, 3.63) is 46.8 Å². The van der Waals surface area contributed by atoms with Gasteiger partial charge in [-0.05, 0) is 30.2 Å². The fourth-order valence-electron chi connectivity index (χ4n) is 2.69. The van der Waals surface area contributed by atoms with Gasteiger partial charge >= 0.3 is 6.18 Å². The number of rotatable bonds is 2. The number of halogens is 3. The van der Waals surface area contributed by atoms with Crippen LogP contribution in [0.25, 0.3) is 5.69 Å². The Hall–Kier alpha value is -2.35. The molecule has 2 aromatic rings. The monoisotopic (exact) mass is 310 g/mol. The lowest BCUT2D eigenvalue weighted by Gasteiger charge is -2.21. The number of amides is 1. The number of nitrogens with one attached hydrogen (secondary N) is 1. The molecule has 1 aromatic heterocycles. The van der Waals surface area contributed by atoms with Crippen molar-refractivity contribution < 1.29 is 18.0 Å². The van der Waals surface area contributed by atoms with E-state index in [1.807, 2.05) is 6.07 Å². The van der Waals surface area contributed by atoms with E-state index in [2.05, 4.69) is 10.4 Å². The van der Waals surface area contributed by atoms with Crippen LogP contribution >= 0.6 is 0 Å². The molecule has 0 radical (unpaired) electrons.